The predicted molar refractivity (Wildman–Crippen MR) is 84.9 cm³/mol. The molecule has 2 heteroatoms. The molecule has 0 saturated heterocycles. The van der Waals surface area contributed by atoms with Gasteiger partial charge in [-0.15, -0.1) is 11.6 Å². The van der Waals surface area contributed by atoms with Crippen molar-refractivity contribution in [3.8, 4) is 0 Å². The van der Waals surface area contributed by atoms with E-state index in [4.69, 9.17) is 11.6 Å². The Morgan fingerprint density at radius 1 is 1.11 bits per heavy atom. The van der Waals surface area contributed by atoms with Gasteiger partial charge in [-0.2, -0.15) is 0 Å². The quantitative estimate of drug-likeness (QED) is 0.397. The molecule has 1 atom stereocenters. The van der Waals surface area contributed by atoms with Crippen LogP contribution >= 0.6 is 11.6 Å². The fourth-order valence-corrected chi connectivity index (χ4v) is 2.67. The van der Waals surface area contributed by atoms with E-state index in [-0.39, 0.29) is 5.38 Å². The van der Waals surface area contributed by atoms with Gasteiger partial charge in [-0.1, -0.05) is 57.9 Å². The summed E-state index contributed by atoms with van der Waals surface area (Å²) >= 11 is 6.41. The molecule has 0 aromatic carbocycles. The van der Waals surface area contributed by atoms with Gasteiger partial charge in [0.1, 0.15) is 0 Å². The molecule has 1 aromatic rings. The van der Waals surface area contributed by atoms with E-state index in [1.54, 1.807) is 0 Å². The van der Waals surface area contributed by atoms with E-state index in [2.05, 4.69) is 24.9 Å². The first-order valence-corrected chi connectivity index (χ1v) is 8.22. The first-order chi connectivity index (χ1) is 9.24. The summed E-state index contributed by atoms with van der Waals surface area (Å²) in [5.74, 6) is 0. The average Bonchev–Trinajstić information content (AvgIpc) is 2.40. The number of rotatable bonds is 10. The highest BCUT2D eigenvalue weighted by molar-refractivity contribution is 6.20. The third-order valence-electron chi connectivity index (χ3n) is 3.65. The van der Waals surface area contributed by atoms with Crippen molar-refractivity contribution in [1.82, 2.24) is 4.98 Å². The molecular formula is C17H28ClN. The van der Waals surface area contributed by atoms with E-state index in [9.17, 15) is 0 Å². The van der Waals surface area contributed by atoms with Crippen LogP contribution in [0.4, 0.5) is 0 Å². The van der Waals surface area contributed by atoms with Crippen LogP contribution in [-0.2, 0) is 6.42 Å². The summed E-state index contributed by atoms with van der Waals surface area (Å²) in [4.78, 5) is 4.41. The van der Waals surface area contributed by atoms with E-state index >= 15 is 0 Å². The molecule has 108 valence electrons. The van der Waals surface area contributed by atoms with E-state index in [0.29, 0.717) is 0 Å². The predicted octanol–water partition coefficient (Wildman–Crippen LogP) is 5.68. The van der Waals surface area contributed by atoms with Gasteiger partial charge in [0.2, 0.25) is 0 Å². The summed E-state index contributed by atoms with van der Waals surface area (Å²) in [6.45, 7) is 4.37. The molecule has 0 radical (unpaired) electrons. The number of hydrogen-bond acceptors (Lipinski definition) is 1. The first-order valence-electron chi connectivity index (χ1n) is 7.78. The molecule has 1 nitrogen and oxygen atoms in total. The van der Waals surface area contributed by atoms with Gasteiger partial charge in [0, 0.05) is 23.7 Å². The number of pyridine rings is 1. The molecule has 0 amide bonds. The third-order valence-corrected chi connectivity index (χ3v) is 4.03. The molecule has 0 fully saturated rings. The molecule has 1 heterocycles. The van der Waals surface area contributed by atoms with Crippen LogP contribution in [-0.4, -0.2) is 10.4 Å². The minimum absolute atomic E-state index is 0.240. The fourth-order valence-electron chi connectivity index (χ4n) is 2.37. The van der Waals surface area contributed by atoms with E-state index in [0.717, 1.165) is 18.5 Å². The smallest absolute Gasteiger partial charge is 0.0447 e. The summed E-state index contributed by atoms with van der Waals surface area (Å²) < 4.78 is 0. The van der Waals surface area contributed by atoms with Crippen LogP contribution in [0.25, 0.3) is 0 Å². The van der Waals surface area contributed by atoms with Crippen LogP contribution in [0, 0.1) is 6.92 Å². The standard InChI is InChI=1S/C17H28ClN/c1-3-4-5-6-7-8-9-12-16(18)14-17-15(2)11-10-13-19-17/h10-11,13,16H,3-9,12,14H2,1-2H3. The zero-order valence-electron chi connectivity index (χ0n) is 12.5. The molecular weight excluding hydrogens is 254 g/mol. The lowest BCUT2D eigenvalue weighted by molar-refractivity contribution is 0.566. The minimum atomic E-state index is 0.240. The maximum atomic E-state index is 6.41. The Kier molecular flexibility index (Phi) is 8.90. The highest BCUT2D eigenvalue weighted by atomic mass is 35.5. The van der Waals surface area contributed by atoms with Gasteiger partial charge in [-0.3, -0.25) is 4.98 Å². The van der Waals surface area contributed by atoms with Crippen molar-refractivity contribution in [3.05, 3.63) is 29.6 Å². The van der Waals surface area contributed by atoms with Crippen LogP contribution in [0.15, 0.2) is 18.3 Å². The van der Waals surface area contributed by atoms with Gasteiger partial charge in [0.25, 0.3) is 0 Å². The van der Waals surface area contributed by atoms with Crippen molar-refractivity contribution in [2.45, 2.75) is 77.0 Å². The second-order valence-electron chi connectivity index (χ2n) is 5.48. The highest BCUT2D eigenvalue weighted by Crippen LogP contribution is 2.17. The summed E-state index contributed by atoms with van der Waals surface area (Å²) in [5.41, 5.74) is 2.41. The van der Waals surface area contributed by atoms with Crippen LogP contribution < -0.4 is 0 Å². The number of halogens is 1. The number of aromatic nitrogens is 1. The summed E-state index contributed by atoms with van der Waals surface area (Å²) in [5, 5.41) is 0.240. The lowest BCUT2D eigenvalue weighted by atomic mass is 10.0. The zero-order chi connectivity index (χ0) is 13.9. The van der Waals surface area contributed by atoms with Crippen molar-refractivity contribution in [3.63, 3.8) is 0 Å². The van der Waals surface area contributed by atoms with Crippen molar-refractivity contribution in [1.29, 1.82) is 0 Å². The Morgan fingerprint density at radius 2 is 1.79 bits per heavy atom. The number of aryl methyl sites for hydroxylation is 1. The van der Waals surface area contributed by atoms with Gasteiger partial charge >= 0.3 is 0 Å². The number of alkyl halides is 1. The molecule has 0 N–H and O–H groups in total. The lowest BCUT2D eigenvalue weighted by Gasteiger charge is -2.10. The fraction of sp³-hybridized carbons (Fsp3) is 0.706. The maximum absolute atomic E-state index is 6.41. The average molecular weight is 282 g/mol. The Labute approximate surface area is 123 Å². The van der Waals surface area contributed by atoms with Crippen molar-refractivity contribution in [2.75, 3.05) is 0 Å². The minimum Gasteiger partial charge on any atom is -0.261 e. The molecule has 0 saturated carbocycles. The van der Waals surface area contributed by atoms with Gasteiger partial charge in [0.05, 0.1) is 0 Å². The van der Waals surface area contributed by atoms with Crippen molar-refractivity contribution >= 4 is 11.6 Å². The van der Waals surface area contributed by atoms with Crippen LogP contribution in [0.5, 0.6) is 0 Å². The van der Waals surface area contributed by atoms with Crippen LogP contribution in [0.1, 0.15) is 69.5 Å². The number of unbranched alkanes of at least 4 members (excludes halogenated alkanes) is 6. The van der Waals surface area contributed by atoms with Gasteiger partial charge < -0.3 is 0 Å². The SMILES string of the molecule is CCCCCCCCCC(Cl)Cc1ncccc1C. The molecule has 19 heavy (non-hydrogen) atoms. The van der Waals surface area contributed by atoms with Crippen LogP contribution in [0.3, 0.4) is 0 Å². The Bertz CT molecular complexity index is 338. The maximum Gasteiger partial charge on any atom is 0.0447 e. The monoisotopic (exact) mass is 281 g/mol. The Balaban J connectivity index is 2.08. The third kappa shape index (κ3) is 7.57. The van der Waals surface area contributed by atoms with E-state index in [1.165, 1.54) is 50.5 Å². The number of hydrogen-bond donors (Lipinski definition) is 0. The zero-order valence-corrected chi connectivity index (χ0v) is 13.3. The largest absolute Gasteiger partial charge is 0.261 e. The second kappa shape index (κ2) is 10.3. The van der Waals surface area contributed by atoms with E-state index < -0.39 is 0 Å². The van der Waals surface area contributed by atoms with Gasteiger partial charge in [0.15, 0.2) is 0 Å². The summed E-state index contributed by atoms with van der Waals surface area (Å²) in [7, 11) is 0. The van der Waals surface area contributed by atoms with Crippen molar-refractivity contribution < 1.29 is 0 Å². The Hall–Kier alpha value is -0.560. The number of nitrogens with zero attached hydrogens (tertiary/aromatic N) is 1. The summed E-state index contributed by atoms with van der Waals surface area (Å²) in [6, 6.07) is 4.10. The lowest BCUT2D eigenvalue weighted by Crippen LogP contribution is -2.06. The van der Waals surface area contributed by atoms with Gasteiger partial charge in [-0.05, 0) is 25.0 Å². The topological polar surface area (TPSA) is 12.9 Å². The summed E-state index contributed by atoms with van der Waals surface area (Å²) in [6.07, 6.45) is 13.3. The second-order valence-corrected chi connectivity index (χ2v) is 6.10. The molecule has 0 aliphatic rings. The molecule has 1 aromatic heterocycles. The van der Waals surface area contributed by atoms with Gasteiger partial charge in [-0.25, -0.2) is 0 Å². The van der Waals surface area contributed by atoms with Crippen LogP contribution in [0.2, 0.25) is 0 Å². The normalized spacial score (nSPS) is 12.6. The molecule has 1 unspecified atom stereocenters. The Morgan fingerprint density at radius 3 is 2.47 bits per heavy atom. The van der Waals surface area contributed by atoms with Crippen molar-refractivity contribution in [2.24, 2.45) is 0 Å². The molecule has 1 rings (SSSR count). The highest BCUT2D eigenvalue weighted by Gasteiger charge is 2.08. The molecule has 0 aliphatic heterocycles. The first kappa shape index (κ1) is 16.5. The van der Waals surface area contributed by atoms with E-state index in [1.807, 2.05) is 12.3 Å². The molecule has 0 spiro atoms. The molecule has 0 aliphatic carbocycles. The molecule has 0 bridgehead atoms.